The van der Waals surface area contributed by atoms with Gasteiger partial charge in [0.15, 0.2) is 0 Å². The van der Waals surface area contributed by atoms with Crippen molar-refractivity contribution >= 4 is 0 Å². The van der Waals surface area contributed by atoms with Crippen molar-refractivity contribution in [3.05, 3.63) is 17.3 Å². The second-order valence-corrected chi connectivity index (χ2v) is 6.37. The SMILES string of the molecule is Cc1nc(CN2CC3(CCCC3)NCC2C)oc1C. The number of hydrogen-bond acceptors (Lipinski definition) is 4. The van der Waals surface area contributed by atoms with E-state index >= 15 is 0 Å². The molecule has 1 saturated heterocycles. The maximum atomic E-state index is 5.74. The van der Waals surface area contributed by atoms with Crippen LogP contribution in [-0.2, 0) is 6.54 Å². The minimum Gasteiger partial charge on any atom is -0.444 e. The second kappa shape index (κ2) is 4.91. The van der Waals surface area contributed by atoms with Gasteiger partial charge in [0.1, 0.15) is 5.76 Å². The molecule has 0 radical (unpaired) electrons. The fourth-order valence-electron chi connectivity index (χ4n) is 3.47. The van der Waals surface area contributed by atoms with Gasteiger partial charge in [-0.25, -0.2) is 4.98 Å². The Morgan fingerprint density at radius 2 is 2.11 bits per heavy atom. The molecule has 1 atom stereocenters. The smallest absolute Gasteiger partial charge is 0.208 e. The summed E-state index contributed by atoms with van der Waals surface area (Å²) >= 11 is 0. The van der Waals surface area contributed by atoms with Crippen LogP contribution in [-0.4, -0.2) is 34.6 Å². The summed E-state index contributed by atoms with van der Waals surface area (Å²) in [6.07, 6.45) is 5.37. The van der Waals surface area contributed by atoms with Crippen LogP contribution < -0.4 is 5.32 Å². The van der Waals surface area contributed by atoms with E-state index in [0.29, 0.717) is 11.6 Å². The lowest BCUT2D eigenvalue weighted by molar-refractivity contribution is 0.0748. The van der Waals surface area contributed by atoms with Crippen LogP contribution in [0.1, 0.15) is 50.0 Å². The van der Waals surface area contributed by atoms with Gasteiger partial charge in [0.2, 0.25) is 5.89 Å². The Kier molecular flexibility index (Phi) is 3.39. The average Bonchev–Trinajstić information content (AvgIpc) is 2.94. The van der Waals surface area contributed by atoms with Crippen LogP contribution in [0.4, 0.5) is 0 Å². The Labute approximate surface area is 115 Å². The molecule has 1 aromatic heterocycles. The fourth-order valence-corrected chi connectivity index (χ4v) is 3.47. The topological polar surface area (TPSA) is 41.3 Å². The van der Waals surface area contributed by atoms with E-state index in [-0.39, 0.29) is 0 Å². The van der Waals surface area contributed by atoms with Crippen molar-refractivity contribution in [1.82, 2.24) is 15.2 Å². The lowest BCUT2D eigenvalue weighted by Gasteiger charge is -2.44. The van der Waals surface area contributed by atoms with E-state index in [1.807, 2.05) is 13.8 Å². The third kappa shape index (κ3) is 2.56. The molecule has 2 heterocycles. The largest absolute Gasteiger partial charge is 0.444 e. The molecule has 4 heteroatoms. The zero-order valence-electron chi connectivity index (χ0n) is 12.3. The summed E-state index contributed by atoms with van der Waals surface area (Å²) in [5.74, 6) is 1.82. The van der Waals surface area contributed by atoms with E-state index in [4.69, 9.17) is 4.42 Å². The van der Waals surface area contributed by atoms with Gasteiger partial charge >= 0.3 is 0 Å². The second-order valence-electron chi connectivity index (χ2n) is 6.37. The first kappa shape index (κ1) is 13.1. The molecule has 1 aromatic rings. The normalized spacial score (nSPS) is 27.2. The molecule has 106 valence electrons. The van der Waals surface area contributed by atoms with Gasteiger partial charge in [0.25, 0.3) is 0 Å². The maximum absolute atomic E-state index is 5.74. The van der Waals surface area contributed by atoms with E-state index < -0.39 is 0 Å². The maximum Gasteiger partial charge on any atom is 0.208 e. The van der Waals surface area contributed by atoms with Crippen LogP contribution in [0, 0.1) is 13.8 Å². The summed E-state index contributed by atoms with van der Waals surface area (Å²) in [6, 6.07) is 0.554. The third-order valence-corrected chi connectivity index (χ3v) is 4.87. The standard InChI is InChI=1S/C15H25N3O/c1-11-8-16-15(6-4-5-7-15)10-18(11)9-14-17-12(2)13(3)19-14/h11,16H,4-10H2,1-3H3. The monoisotopic (exact) mass is 263 g/mol. The molecule has 1 N–H and O–H groups in total. The van der Waals surface area contributed by atoms with Crippen LogP contribution >= 0.6 is 0 Å². The highest BCUT2D eigenvalue weighted by molar-refractivity contribution is 5.06. The van der Waals surface area contributed by atoms with Crippen molar-refractivity contribution in [2.75, 3.05) is 13.1 Å². The molecular weight excluding hydrogens is 238 g/mol. The highest BCUT2D eigenvalue weighted by Gasteiger charge is 2.40. The number of piperazine rings is 1. The Morgan fingerprint density at radius 1 is 1.37 bits per heavy atom. The van der Waals surface area contributed by atoms with Gasteiger partial charge in [-0.15, -0.1) is 0 Å². The van der Waals surface area contributed by atoms with E-state index in [1.54, 1.807) is 0 Å². The predicted molar refractivity (Wildman–Crippen MR) is 75.1 cm³/mol. The van der Waals surface area contributed by atoms with Crippen molar-refractivity contribution in [3.8, 4) is 0 Å². The minimum atomic E-state index is 0.364. The molecule has 3 rings (SSSR count). The number of hydrogen-bond donors (Lipinski definition) is 1. The average molecular weight is 263 g/mol. The van der Waals surface area contributed by atoms with Gasteiger partial charge in [0.05, 0.1) is 12.2 Å². The molecule has 1 aliphatic heterocycles. The van der Waals surface area contributed by atoms with E-state index in [2.05, 4.69) is 22.1 Å². The van der Waals surface area contributed by atoms with Crippen molar-refractivity contribution in [2.45, 2.75) is 64.6 Å². The molecule has 2 fully saturated rings. The number of oxazole rings is 1. The molecule has 0 bridgehead atoms. The molecule has 4 nitrogen and oxygen atoms in total. The summed E-state index contributed by atoms with van der Waals surface area (Å²) in [5, 5.41) is 3.78. The highest BCUT2D eigenvalue weighted by atomic mass is 16.4. The molecule has 1 unspecified atom stereocenters. The van der Waals surface area contributed by atoms with Crippen LogP contribution in [0.5, 0.6) is 0 Å². The van der Waals surface area contributed by atoms with Crippen LogP contribution in [0.25, 0.3) is 0 Å². The highest BCUT2D eigenvalue weighted by Crippen LogP contribution is 2.33. The van der Waals surface area contributed by atoms with E-state index in [0.717, 1.165) is 37.0 Å². The van der Waals surface area contributed by atoms with Crippen LogP contribution in [0.3, 0.4) is 0 Å². The fraction of sp³-hybridized carbons (Fsp3) is 0.800. The summed E-state index contributed by atoms with van der Waals surface area (Å²) in [5.41, 5.74) is 1.39. The van der Waals surface area contributed by atoms with Gasteiger partial charge in [-0.2, -0.15) is 0 Å². The summed E-state index contributed by atoms with van der Waals surface area (Å²) in [4.78, 5) is 7.06. The minimum absolute atomic E-state index is 0.364. The summed E-state index contributed by atoms with van der Waals surface area (Å²) in [6.45, 7) is 9.36. The Morgan fingerprint density at radius 3 is 2.74 bits per heavy atom. The van der Waals surface area contributed by atoms with Gasteiger partial charge in [-0.1, -0.05) is 12.8 Å². The molecule has 0 aromatic carbocycles. The van der Waals surface area contributed by atoms with E-state index in [1.165, 1.54) is 25.7 Å². The van der Waals surface area contributed by atoms with Gasteiger partial charge in [-0.3, -0.25) is 4.90 Å². The summed E-state index contributed by atoms with van der Waals surface area (Å²) in [7, 11) is 0. The molecule has 0 amide bonds. The van der Waals surface area contributed by atoms with Gasteiger partial charge < -0.3 is 9.73 Å². The first-order valence-electron chi connectivity index (χ1n) is 7.50. The zero-order valence-corrected chi connectivity index (χ0v) is 12.3. The third-order valence-electron chi connectivity index (χ3n) is 4.87. The van der Waals surface area contributed by atoms with E-state index in [9.17, 15) is 0 Å². The molecule has 1 spiro atoms. The van der Waals surface area contributed by atoms with Crippen LogP contribution in [0.2, 0.25) is 0 Å². The van der Waals surface area contributed by atoms with Crippen molar-refractivity contribution in [3.63, 3.8) is 0 Å². The zero-order chi connectivity index (χ0) is 13.5. The lowest BCUT2D eigenvalue weighted by Crippen LogP contribution is -2.62. The Balaban J connectivity index is 1.71. The van der Waals surface area contributed by atoms with Crippen molar-refractivity contribution in [2.24, 2.45) is 0 Å². The van der Waals surface area contributed by atoms with Crippen molar-refractivity contribution in [1.29, 1.82) is 0 Å². The quantitative estimate of drug-likeness (QED) is 0.889. The Bertz CT molecular complexity index is 429. The molecule has 2 aliphatic rings. The number of aryl methyl sites for hydroxylation is 2. The lowest BCUT2D eigenvalue weighted by atomic mass is 9.92. The van der Waals surface area contributed by atoms with Gasteiger partial charge in [0, 0.05) is 24.7 Å². The number of rotatable bonds is 2. The summed E-state index contributed by atoms with van der Waals surface area (Å²) < 4.78 is 5.74. The number of nitrogens with zero attached hydrogens (tertiary/aromatic N) is 2. The number of nitrogens with one attached hydrogen (secondary N) is 1. The molecule has 19 heavy (non-hydrogen) atoms. The number of aromatic nitrogens is 1. The Hall–Kier alpha value is -0.870. The molecule has 1 aliphatic carbocycles. The molecule has 1 saturated carbocycles. The molecular formula is C15H25N3O. The van der Waals surface area contributed by atoms with Crippen molar-refractivity contribution < 1.29 is 4.42 Å². The first-order valence-corrected chi connectivity index (χ1v) is 7.50. The first-order chi connectivity index (χ1) is 9.08. The van der Waals surface area contributed by atoms with Crippen LogP contribution in [0.15, 0.2) is 4.42 Å². The predicted octanol–water partition coefficient (Wildman–Crippen LogP) is 2.40. The van der Waals surface area contributed by atoms with Gasteiger partial charge in [-0.05, 0) is 33.6 Å².